The van der Waals surface area contributed by atoms with Crippen LogP contribution in [0.2, 0.25) is 0 Å². The molecule has 2 heterocycles. The van der Waals surface area contributed by atoms with E-state index >= 15 is 0 Å². The van der Waals surface area contributed by atoms with Crippen LogP contribution in [0.1, 0.15) is 44.1 Å². The van der Waals surface area contributed by atoms with E-state index in [-0.39, 0.29) is 17.6 Å². The van der Waals surface area contributed by atoms with Crippen molar-refractivity contribution < 1.29 is 9.59 Å². The predicted molar refractivity (Wildman–Crippen MR) is 99.1 cm³/mol. The van der Waals surface area contributed by atoms with Gasteiger partial charge in [0.2, 0.25) is 11.7 Å². The molecule has 2 rings (SSSR count). The number of likely N-dealkylation sites (tertiary alicyclic amines) is 1. The van der Waals surface area contributed by atoms with Gasteiger partial charge in [0.05, 0.1) is 0 Å². The fourth-order valence-corrected chi connectivity index (χ4v) is 2.95. The van der Waals surface area contributed by atoms with E-state index in [4.69, 9.17) is 0 Å². The Morgan fingerprint density at radius 3 is 2.76 bits per heavy atom. The zero-order valence-electron chi connectivity index (χ0n) is 15.3. The third-order valence-corrected chi connectivity index (χ3v) is 4.66. The SMILES string of the molecule is C=C(CC1CCN(C(=O)/C(C)=C/C(=C)C(C)C)C1)C(=O)c1ccn[nH]1. The first-order valence-corrected chi connectivity index (χ1v) is 8.67. The van der Waals surface area contributed by atoms with Crippen molar-refractivity contribution in [2.75, 3.05) is 13.1 Å². The Morgan fingerprint density at radius 1 is 1.44 bits per heavy atom. The van der Waals surface area contributed by atoms with Crippen molar-refractivity contribution in [3.05, 3.63) is 53.9 Å². The number of nitrogens with zero attached hydrogens (tertiary/aromatic N) is 2. The lowest BCUT2D eigenvalue weighted by atomic mass is 9.96. The molecule has 0 radical (unpaired) electrons. The first-order chi connectivity index (χ1) is 11.8. The third-order valence-electron chi connectivity index (χ3n) is 4.66. The molecule has 0 spiro atoms. The first-order valence-electron chi connectivity index (χ1n) is 8.67. The summed E-state index contributed by atoms with van der Waals surface area (Å²) in [6, 6.07) is 1.65. The summed E-state index contributed by atoms with van der Waals surface area (Å²) >= 11 is 0. The highest BCUT2D eigenvalue weighted by Gasteiger charge is 2.28. The topological polar surface area (TPSA) is 66.1 Å². The van der Waals surface area contributed by atoms with E-state index < -0.39 is 0 Å². The van der Waals surface area contributed by atoms with Crippen LogP contribution in [0.4, 0.5) is 0 Å². The summed E-state index contributed by atoms with van der Waals surface area (Å²) in [6.45, 7) is 15.2. The Kier molecular flexibility index (Phi) is 6.12. The second-order valence-corrected chi connectivity index (χ2v) is 7.07. The Hall–Kier alpha value is -2.43. The minimum atomic E-state index is -0.105. The van der Waals surface area contributed by atoms with Crippen molar-refractivity contribution >= 4 is 11.7 Å². The number of hydrogen-bond donors (Lipinski definition) is 1. The van der Waals surface area contributed by atoms with Crippen LogP contribution in [-0.2, 0) is 4.79 Å². The molecule has 1 N–H and O–H groups in total. The maximum Gasteiger partial charge on any atom is 0.249 e. The highest BCUT2D eigenvalue weighted by Crippen LogP contribution is 2.25. The molecule has 0 aromatic carbocycles. The van der Waals surface area contributed by atoms with Gasteiger partial charge in [0.15, 0.2) is 0 Å². The molecule has 1 saturated heterocycles. The number of rotatable bonds is 7. The number of Topliss-reactive ketones (excluding diaryl/α,β-unsaturated/α-hetero) is 1. The summed E-state index contributed by atoms with van der Waals surface area (Å²) in [6.07, 6.45) is 4.92. The maximum atomic E-state index is 12.6. The van der Waals surface area contributed by atoms with Gasteiger partial charge in [0, 0.05) is 24.9 Å². The van der Waals surface area contributed by atoms with Crippen LogP contribution in [0, 0.1) is 11.8 Å². The highest BCUT2D eigenvalue weighted by atomic mass is 16.2. The van der Waals surface area contributed by atoms with Crippen LogP contribution >= 0.6 is 0 Å². The molecule has 0 aliphatic carbocycles. The number of aromatic amines is 1. The summed E-state index contributed by atoms with van der Waals surface area (Å²) in [7, 11) is 0. The van der Waals surface area contributed by atoms with Crippen LogP contribution in [-0.4, -0.2) is 39.9 Å². The van der Waals surface area contributed by atoms with Crippen molar-refractivity contribution in [2.24, 2.45) is 11.8 Å². The van der Waals surface area contributed by atoms with E-state index in [9.17, 15) is 9.59 Å². The molecule has 1 aromatic rings. The lowest BCUT2D eigenvalue weighted by Gasteiger charge is -2.18. The summed E-state index contributed by atoms with van der Waals surface area (Å²) < 4.78 is 0. The van der Waals surface area contributed by atoms with E-state index in [0.29, 0.717) is 42.3 Å². The first kappa shape index (κ1) is 18.9. The number of ketones is 1. The summed E-state index contributed by atoms with van der Waals surface area (Å²) in [5.74, 6) is 0.539. The van der Waals surface area contributed by atoms with Gasteiger partial charge < -0.3 is 4.90 Å². The zero-order valence-corrected chi connectivity index (χ0v) is 15.3. The van der Waals surface area contributed by atoms with Gasteiger partial charge in [0.25, 0.3) is 0 Å². The molecule has 5 nitrogen and oxygen atoms in total. The molecular weight excluding hydrogens is 314 g/mol. The molecule has 1 fully saturated rings. The van der Waals surface area contributed by atoms with E-state index in [1.54, 1.807) is 12.3 Å². The molecule has 1 aromatic heterocycles. The van der Waals surface area contributed by atoms with Gasteiger partial charge in [-0.2, -0.15) is 5.10 Å². The fourth-order valence-electron chi connectivity index (χ4n) is 2.95. The number of hydrogen-bond acceptors (Lipinski definition) is 3. The summed E-state index contributed by atoms with van der Waals surface area (Å²) in [5.41, 5.74) is 2.69. The molecule has 0 saturated carbocycles. The summed E-state index contributed by atoms with van der Waals surface area (Å²) in [5, 5.41) is 6.47. The molecule has 1 amide bonds. The Morgan fingerprint density at radius 2 is 2.16 bits per heavy atom. The smallest absolute Gasteiger partial charge is 0.249 e. The van der Waals surface area contributed by atoms with E-state index in [1.807, 2.05) is 17.9 Å². The number of nitrogens with one attached hydrogen (secondary N) is 1. The summed E-state index contributed by atoms with van der Waals surface area (Å²) in [4.78, 5) is 26.7. The Labute approximate surface area is 149 Å². The minimum absolute atomic E-state index is 0.0507. The molecule has 1 aliphatic heterocycles. The molecule has 25 heavy (non-hydrogen) atoms. The number of carbonyl (C=O) groups is 2. The monoisotopic (exact) mass is 341 g/mol. The largest absolute Gasteiger partial charge is 0.339 e. The quantitative estimate of drug-likeness (QED) is 0.468. The maximum absolute atomic E-state index is 12.6. The van der Waals surface area contributed by atoms with E-state index in [1.165, 1.54) is 0 Å². The molecule has 1 aliphatic rings. The highest BCUT2D eigenvalue weighted by molar-refractivity contribution is 6.06. The number of amides is 1. The van der Waals surface area contributed by atoms with E-state index in [0.717, 1.165) is 12.0 Å². The van der Waals surface area contributed by atoms with Gasteiger partial charge in [-0.25, -0.2) is 0 Å². The molecule has 0 bridgehead atoms. The molecular formula is C20H27N3O2. The second kappa shape index (κ2) is 8.10. The third kappa shape index (κ3) is 4.78. The Bertz CT molecular complexity index is 699. The van der Waals surface area contributed by atoms with Crippen molar-refractivity contribution in [3.63, 3.8) is 0 Å². The van der Waals surface area contributed by atoms with Gasteiger partial charge in [-0.1, -0.05) is 38.7 Å². The minimum Gasteiger partial charge on any atom is -0.339 e. The van der Waals surface area contributed by atoms with Gasteiger partial charge in [0.1, 0.15) is 5.69 Å². The fraction of sp³-hybridized carbons (Fsp3) is 0.450. The van der Waals surface area contributed by atoms with Crippen molar-refractivity contribution in [3.8, 4) is 0 Å². The van der Waals surface area contributed by atoms with Crippen LogP contribution in [0.5, 0.6) is 0 Å². The number of carbonyl (C=O) groups excluding carboxylic acids is 2. The van der Waals surface area contributed by atoms with Crippen molar-refractivity contribution in [1.82, 2.24) is 15.1 Å². The van der Waals surface area contributed by atoms with Gasteiger partial charge in [-0.3, -0.25) is 14.7 Å². The number of allylic oxidation sites excluding steroid dienone is 3. The predicted octanol–water partition coefficient (Wildman–Crippen LogP) is 3.55. The number of aromatic nitrogens is 2. The van der Waals surface area contributed by atoms with Gasteiger partial charge in [-0.05, 0) is 43.2 Å². The lowest BCUT2D eigenvalue weighted by molar-refractivity contribution is -0.126. The normalized spacial score (nSPS) is 17.8. The lowest BCUT2D eigenvalue weighted by Crippen LogP contribution is -2.29. The van der Waals surface area contributed by atoms with Crippen LogP contribution < -0.4 is 0 Å². The molecule has 1 atom stereocenters. The van der Waals surface area contributed by atoms with Crippen molar-refractivity contribution in [2.45, 2.75) is 33.6 Å². The van der Waals surface area contributed by atoms with Crippen LogP contribution in [0.25, 0.3) is 0 Å². The van der Waals surface area contributed by atoms with Gasteiger partial charge >= 0.3 is 0 Å². The molecule has 134 valence electrons. The average molecular weight is 341 g/mol. The van der Waals surface area contributed by atoms with E-state index in [2.05, 4.69) is 37.2 Å². The second-order valence-electron chi connectivity index (χ2n) is 7.07. The average Bonchev–Trinajstić information content (AvgIpc) is 3.24. The van der Waals surface area contributed by atoms with Crippen LogP contribution in [0.3, 0.4) is 0 Å². The van der Waals surface area contributed by atoms with Crippen molar-refractivity contribution in [1.29, 1.82) is 0 Å². The Balaban J connectivity index is 1.90. The van der Waals surface area contributed by atoms with Crippen LogP contribution in [0.15, 0.2) is 48.2 Å². The standard InChI is InChI=1S/C20H27N3O2/c1-13(2)14(3)10-16(5)20(25)23-9-7-17(12-23)11-15(4)19(24)18-6-8-21-22-18/h6,8,10,13,17H,3-4,7,9,11-12H2,1-2,5H3,(H,21,22)/b16-10+. The molecule has 5 heteroatoms. The van der Waals surface area contributed by atoms with Gasteiger partial charge in [-0.15, -0.1) is 0 Å². The molecule has 1 unspecified atom stereocenters. The zero-order chi connectivity index (χ0) is 18.6. The number of H-pyrrole nitrogens is 1.